The van der Waals surface area contributed by atoms with Crippen molar-refractivity contribution < 1.29 is 59.5 Å². The molecule has 0 saturated carbocycles. The molecule has 4 N–H and O–H groups in total. The van der Waals surface area contributed by atoms with Gasteiger partial charge in [-0.3, -0.25) is 23.4 Å². The monoisotopic (exact) mass is 696 g/mol. The van der Waals surface area contributed by atoms with Crippen LogP contribution in [0.5, 0.6) is 0 Å². The lowest BCUT2D eigenvalue weighted by Crippen LogP contribution is -2.60. The summed E-state index contributed by atoms with van der Waals surface area (Å²) in [4.78, 5) is 56.8. The van der Waals surface area contributed by atoms with E-state index in [1.807, 2.05) is 0 Å². The van der Waals surface area contributed by atoms with Crippen LogP contribution in [0.4, 0.5) is 13.2 Å². The first kappa shape index (κ1) is 38.7. The minimum Gasteiger partial charge on any atom is -0.382 e. The van der Waals surface area contributed by atoms with Crippen molar-refractivity contribution in [3.63, 3.8) is 0 Å². The molecule has 0 aliphatic heterocycles. The lowest BCUT2D eigenvalue weighted by Gasteiger charge is -2.29. The lowest BCUT2D eigenvalue weighted by molar-refractivity contribution is -0.143. The second kappa shape index (κ2) is 16.9. The molecule has 4 atom stereocenters. The van der Waals surface area contributed by atoms with Crippen LogP contribution in [0.15, 0.2) is 36.5 Å². The summed E-state index contributed by atoms with van der Waals surface area (Å²) in [6.07, 6.45) is -4.06. The summed E-state index contributed by atoms with van der Waals surface area (Å²) >= 11 is 1.09. The normalized spacial score (nSPS) is 15.2. The van der Waals surface area contributed by atoms with Gasteiger partial charge in [-0.1, -0.05) is 30.3 Å². The van der Waals surface area contributed by atoms with Crippen LogP contribution in [-0.4, -0.2) is 112 Å². The zero-order valence-corrected chi connectivity index (χ0v) is 26.9. The number of methoxy groups -OCH3 is 2. The van der Waals surface area contributed by atoms with Crippen LogP contribution in [0.25, 0.3) is 0 Å². The van der Waals surface area contributed by atoms with Gasteiger partial charge in [0.1, 0.15) is 29.2 Å². The Bertz CT molecular complexity index is 1450. The Kier molecular flexibility index (Phi) is 14.2. The van der Waals surface area contributed by atoms with Crippen LogP contribution in [0.3, 0.4) is 0 Å². The molecule has 46 heavy (non-hydrogen) atoms. The molecular formula is C27H35F3N4O10S2. The smallest absolute Gasteiger partial charge is 0.382 e. The number of amides is 3. The largest absolute Gasteiger partial charge is 0.405 e. The van der Waals surface area contributed by atoms with E-state index in [-0.39, 0.29) is 17.9 Å². The number of carbonyl (C=O) groups excluding carboxylic acids is 4. The number of hydrogen-bond acceptors (Lipinski definition) is 12. The number of ether oxygens (including phenoxy) is 2. The van der Waals surface area contributed by atoms with Crippen LogP contribution in [0, 0.1) is 6.92 Å². The Morgan fingerprint density at radius 2 is 1.50 bits per heavy atom. The van der Waals surface area contributed by atoms with E-state index in [2.05, 4.69) is 25.1 Å². The highest BCUT2D eigenvalue weighted by molar-refractivity contribution is 7.86. The Morgan fingerprint density at radius 3 is 2.00 bits per heavy atom. The number of carbonyl (C=O) groups is 4. The number of hydrogen-bond donors (Lipinski definition) is 4. The zero-order valence-electron chi connectivity index (χ0n) is 25.3. The summed E-state index contributed by atoms with van der Waals surface area (Å²) in [6, 6.07) is 3.77. The van der Waals surface area contributed by atoms with E-state index in [0.29, 0.717) is 10.6 Å². The molecule has 0 fully saturated rings. The van der Waals surface area contributed by atoms with Crippen molar-refractivity contribution in [2.45, 2.75) is 50.2 Å². The van der Waals surface area contributed by atoms with Gasteiger partial charge in [0.15, 0.2) is 11.5 Å². The zero-order chi connectivity index (χ0) is 34.7. The second-order valence-electron chi connectivity index (χ2n) is 10.2. The van der Waals surface area contributed by atoms with E-state index < -0.39 is 82.5 Å². The van der Waals surface area contributed by atoms with Crippen LogP contribution >= 0.6 is 11.3 Å². The third-order valence-electron chi connectivity index (χ3n) is 6.07. The standard InChI is InChI=1S/C27H35F3N4O10S2/c1-16-31-11-21(45-16)25(38)34-20(13-43-4)24(37)33-19(12-42-3)23(36)32-18(10-17-8-6-5-7-9-17)22(35)26(2,39)14-44-46(40,41)15-27(28,29)30/h5-9,11,18-20,39H,10,12-15H2,1-4H3,(H,32,36)(H,33,37)(H,34,38). The van der Waals surface area contributed by atoms with Gasteiger partial charge >= 0.3 is 6.18 Å². The first-order chi connectivity index (χ1) is 21.4. The van der Waals surface area contributed by atoms with Crippen molar-refractivity contribution in [2.75, 3.05) is 39.8 Å². The van der Waals surface area contributed by atoms with Gasteiger partial charge in [0.05, 0.1) is 30.5 Å². The van der Waals surface area contributed by atoms with Gasteiger partial charge < -0.3 is 30.5 Å². The van der Waals surface area contributed by atoms with Crippen molar-refractivity contribution in [1.29, 1.82) is 0 Å². The second-order valence-corrected chi connectivity index (χ2v) is 13.1. The number of aryl methyl sites for hydroxylation is 1. The minimum atomic E-state index is -5.22. The first-order valence-corrected chi connectivity index (χ1v) is 15.8. The molecule has 1 aromatic heterocycles. The van der Waals surface area contributed by atoms with Gasteiger partial charge in [-0.25, -0.2) is 4.98 Å². The number of nitrogens with one attached hydrogen (secondary N) is 3. The van der Waals surface area contributed by atoms with E-state index in [9.17, 15) is 45.9 Å². The molecule has 3 amide bonds. The molecular weight excluding hydrogens is 661 g/mol. The number of aromatic nitrogens is 1. The fraction of sp³-hybridized carbons (Fsp3) is 0.519. The van der Waals surface area contributed by atoms with Crippen LogP contribution in [0.2, 0.25) is 0 Å². The summed E-state index contributed by atoms with van der Waals surface area (Å²) < 4.78 is 75.7. The Hall–Kier alpha value is -3.49. The molecule has 0 saturated heterocycles. The average molecular weight is 697 g/mol. The molecule has 0 aliphatic carbocycles. The Morgan fingerprint density at radius 1 is 0.957 bits per heavy atom. The van der Waals surface area contributed by atoms with Crippen molar-refractivity contribution >= 4 is 45.0 Å². The molecule has 256 valence electrons. The van der Waals surface area contributed by atoms with Gasteiger partial charge in [-0.15, -0.1) is 11.3 Å². The highest BCUT2D eigenvalue weighted by Crippen LogP contribution is 2.20. The molecule has 14 nitrogen and oxygen atoms in total. The van der Waals surface area contributed by atoms with E-state index in [4.69, 9.17) is 9.47 Å². The van der Waals surface area contributed by atoms with E-state index in [1.54, 1.807) is 37.3 Å². The third-order valence-corrected chi connectivity index (χ3v) is 8.14. The molecule has 0 radical (unpaired) electrons. The highest BCUT2D eigenvalue weighted by atomic mass is 32.2. The van der Waals surface area contributed by atoms with E-state index in [0.717, 1.165) is 18.3 Å². The summed E-state index contributed by atoms with van der Waals surface area (Å²) in [5, 5.41) is 18.7. The quantitative estimate of drug-likeness (QED) is 0.156. The van der Waals surface area contributed by atoms with Crippen molar-refractivity contribution in [2.24, 2.45) is 0 Å². The maximum absolute atomic E-state index is 13.4. The Balaban J connectivity index is 2.25. The third kappa shape index (κ3) is 12.7. The van der Waals surface area contributed by atoms with Gasteiger partial charge in [0.25, 0.3) is 16.0 Å². The molecule has 1 heterocycles. The number of thiazole rings is 1. The van der Waals surface area contributed by atoms with Crippen LogP contribution < -0.4 is 16.0 Å². The SMILES string of the molecule is COCC(NC(=O)c1cnc(C)s1)C(=O)NC(COC)C(=O)NC(Cc1ccccc1)C(=O)C(C)(O)COS(=O)(=O)CC(F)(F)F. The minimum absolute atomic E-state index is 0.224. The summed E-state index contributed by atoms with van der Waals surface area (Å²) in [7, 11) is -2.71. The molecule has 2 aromatic rings. The molecule has 2 rings (SSSR count). The number of halogens is 3. The fourth-order valence-electron chi connectivity index (χ4n) is 3.89. The van der Waals surface area contributed by atoms with Gasteiger partial charge in [0.2, 0.25) is 11.8 Å². The summed E-state index contributed by atoms with van der Waals surface area (Å²) in [5.74, 6) is -5.99. The number of Topliss-reactive ketones (excluding diaryl/α,β-unsaturated/α-hetero) is 1. The molecule has 19 heteroatoms. The highest BCUT2D eigenvalue weighted by Gasteiger charge is 2.42. The lowest BCUT2D eigenvalue weighted by atomic mass is 9.91. The molecule has 4 unspecified atom stereocenters. The summed E-state index contributed by atoms with van der Waals surface area (Å²) in [6.45, 7) is 0.431. The van der Waals surface area contributed by atoms with Crippen LogP contribution in [0.1, 0.15) is 27.2 Å². The number of benzene rings is 1. The van der Waals surface area contributed by atoms with Crippen LogP contribution in [-0.2, 0) is 44.6 Å². The number of aliphatic hydroxyl groups is 1. The fourth-order valence-corrected chi connectivity index (χ4v) is 5.47. The van der Waals surface area contributed by atoms with Crippen molar-refractivity contribution in [1.82, 2.24) is 20.9 Å². The molecule has 0 aliphatic rings. The van der Waals surface area contributed by atoms with Gasteiger partial charge in [0, 0.05) is 14.2 Å². The molecule has 1 aromatic carbocycles. The number of ketones is 1. The summed E-state index contributed by atoms with van der Waals surface area (Å²) in [5.41, 5.74) is -2.20. The number of nitrogens with zero attached hydrogens (tertiary/aromatic N) is 1. The predicted octanol–water partition coefficient (Wildman–Crippen LogP) is 0.284. The topological polar surface area (TPSA) is 199 Å². The maximum Gasteiger partial charge on any atom is 0.405 e. The number of alkyl halides is 3. The average Bonchev–Trinajstić information content (AvgIpc) is 3.40. The maximum atomic E-state index is 13.4. The van der Waals surface area contributed by atoms with Crippen molar-refractivity contribution in [3.05, 3.63) is 52.0 Å². The van der Waals surface area contributed by atoms with E-state index in [1.165, 1.54) is 20.4 Å². The van der Waals surface area contributed by atoms with Gasteiger partial charge in [-0.05, 0) is 25.8 Å². The predicted molar refractivity (Wildman–Crippen MR) is 157 cm³/mol. The molecule has 0 spiro atoms. The van der Waals surface area contributed by atoms with Crippen molar-refractivity contribution in [3.8, 4) is 0 Å². The first-order valence-electron chi connectivity index (χ1n) is 13.4. The van der Waals surface area contributed by atoms with E-state index >= 15 is 0 Å². The number of rotatable bonds is 18. The Labute approximate surface area is 267 Å². The molecule has 0 bridgehead atoms. The van der Waals surface area contributed by atoms with Gasteiger partial charge in [-0.2, -0.15) is 21.6 Å².